The van der Waals surface area contributed by atoms with E-state index in [1.165, 1.54) is 5.56 Å². The Bertz CT molecular complexity index is 935. The largest absolute Gasteiger partial charge is 0.494 e. The van der Waals surface area contributed by atoms with Gasteiger partial charge in [-0.2, -0.15) is 0 Å². The minimum Gasteiger partial charge on any atom is -0.494 e. The minimum absolute atomic E-state index is 0.00614. The van der Waals surface area contributed by atoms with Gasteiger partial charge in [0.15, 0.2) is 5.43 Å². The highest BCUT2D eigenvalue weighted by atomic mass is 35.5. The lowest BCUT2D eigenvalue weighted by Gasteiger charge is -2.21. The zero-order chi connectivity index (χ0) is 18.5. The number of nitrogens with zero attached hydrogens (tertiary/aromatic N) is 1. The van der Waals surface area contributed by atoms with Crippen LogP contribution in [0.2, 0.25) is 5.02 Å². The second-order valence-electron chi connectivity index (χ2n) is 6.23. The van der Waals surface area contributed by atoms with Crippen LogP contribution >= 0.6 is 11.6 Å². The fraction of sp³-hybridized carbons (Fsp3) is 0.286. The van der Waals surface area contributed by atoms with E-state index in [2.05, 4.69) is 28.9 Å². The van der Waals surface area contributed by atoms with Crippen molar-refractivity contribution in [2.75, 3.05) is 13.2 Å². The summed E-state index contributed by atoms with van der Waals surface area (Å²) in [5.41, 5.74) is 2.92. The first-order valence-corrected chi connectivity index (χ1v) is 9.22. The lowest BCUT2D eigenvalue weighted by molar-refractivity contribution is 0.268. The minimum atomic E-state index is -0.00614. The van der Waals surface area contributed by atoms with Crippen molar-refractivity contribution >= 4 is 22.5 Å². The first-order chi connectivity index (χ1) is 12.6. The Morgan fingerprint density at radius 3 is 2.50 bits per heavy atom. The number of benzene rings is 2. The van der Waals surface area contributed by atoms with Crippen molar-refractivity contribution in [3.63, 3.8) is 0 Å². The highest BCUT2D eigenvalue weighted by molar-refractivity contribution is 6.31. The SMILES string of the molecule is CCOc1ccc(CN(CC)Cc2cc(=O)c3cc(Cl)ccc3[nH]2)cc1. The third-order valence-electron chi connectivity index (χ3n) is 4.33. The average Bonchev–Trinajstić information content (AvgIpc) is 2.63. The van der Waals surface area contributed by atoms with Crippen molar-refractivity contribution in [3.8, 4) is 5.75 Å². The number of nitrogens with one attached hydrogen (secondary N) is 1. The number of pyridine rings is 1. The Kier molecular flexibility index (Phi) is 5.96. The first-order valence-electron chi connectivity index (χ1n) is 8.84. The molecule has 0 saturated carbocycles. The maximum absolute atomic E-state index is 12.4. The lowest BCUT2D eigenvalue weighted by Crippen LogP contribution is -2.23. The number of aromatic amines is 1. The number of hydrogen-bond donors (Lipinski definition) is 1. The summed E-state index contributed by atoms with van der Waals surface area (Å²) in [5, 5.41) is 1.19. The lowest BCUT2D eigenvalue weighted by atomic mass is 10.1. The smallest absolute Gasteiger partial charge is 0.189 e. The van der Waals surface area contributed by atoms with E-state index in [0.717, 1.165) is 30.0 Å². The molecule has 0 saturated heterocycles. The van der Waals surface area contributed by atoms with Crippen molar-refractivity contribution in [2.24, 2.45) is 0 Å². The molecule has 0 aliphatic heterocycles. The highest BCUT2D eigenvalue weighted by Gasteiger charge is 2.09. The molecular weight excluding hydrogens is 348 g/mol. The maximum atomic E-state index is 12.4. The van der Waals surface area contributed by atoms with E-state index >= 15 is 0 Å². The average molecular weight is 371 g/mol. The van der Waals surface area contributed by atoms with E-state index < -0.39 is 0 Å². The molecule has 1 heterocycles. The van der Waals surface area contributed by atoms with E-state index in [4.69, 9.17) is 16.3 Å². The molecule has 1 N–H and O–H groups in total. The Morgan fingerprint density at radius 1 is 1.04 bits per heavy atom. The van der Waals surface area contributed by atoms with Crippen LogP contribution in [0.1, 0.15) is 25.1 Å². The Hall–Kier alpha value is -2.30. The van der Waals surface area contributed by atoms with E-state index in [-0.39, 0.29) is 5.43 Å². The fourth-order valence-electron chi connectivity index (χ4n) is 3.00. The molecule has 0 bridgehead atoms. The summed E-state index contributed by atoms with van der Waals surface area (Å²) >= 11 is 5.99. The molecule has 0 aliphatic carbocycles. The summed E-state index contributed by atoms with van der Waals surface area (Å²) in [5.74, 6) is 0.886. The molecule has 3 aromatic rings. The van der Waals surface area contributed by atoms with Gasteiger partial charge in [-0.1, -0.05) is 30.7 Å². The van der Waals surface area contributed by atoms with E-state index in [9.17, 15) is 4.79 Å². The first kappa shape index (κ1) is 18.5. The number of hydrogen-bond acceptors (Lipinski definition) is 3. The fourth-order valence-corrected chi connectivity index (χ4v) is 3.17. The highest BCUT2D eigenvalue weighted by Crippen LogP contribution is 2.17. The zero-order valence-electron chi connectivity index (χ0n) is 15.1. The normalized spacial score (nSPS) is 11.2. The van der Waals surface area contributed by atoms with Gasteiger partial charge in [0.25, 0.3) is 0 Å². The van der Waals surface area contributed by atoms with Gasteiger partial charge >= 0.3 is 0 Å². The van der Waals surface area contributed by atoms with Crippen LogP contribution in [0.4, 0.5) is 0 Å². The molecule has 136 valence electrons. The molecule has 4 nitrogen and oxygen atoms in total. The maximum Gasteiger partial charge on any atom is 0.189 e. The van der Waals surface area contributed by atoms with Crippen LogP contribution in [0.15, 0.2) is 53.3 Å². The second-order valence-corrected chi connectivity index (χ2v) is 6.67. The Labute approximate surface area is 158 Å². The van der Waals surface area contributed by atoms with Crippen LogP contribution in [0.25, 0.3) is 10.9 Å². The van der Waals surface area contributed by atoms with Crippen LogP contribution in [0, 0.1) is 0 Å². The predicted octanol–water partition coefficient (Wildman–Crippen LogP) is 4.60. The van der Waals surface area contributed by atoms with Gasteiger partial charge in [-0.05, 0) is 49.4 Å². The van der Waals surface area contributed by atoms with Gasteiger partial charge in [0, 0.05) is 40.8 Å². The number of ether oxygens (including phenoxy) is 1. The zero-order valence-corrected chi connectivity index (χ0v) is 15.8. The van der Waals surface area contributed by atoms with Crippen molar-refractivity contribution in [1.82, 2.24) is 9.88 Å². The summed E-state index contributed by atoms with van der Waals surface area (Å²) in [6.07, 6.45) is 0. The van der Waals surface area contributed by atoms with E-state index in [0.29, 0.717) is 23.6 Å². The quantitative estimate of drug-likeness (QED) is 0.661. The van der Waals surface area contributed by atoms with Crippen LogP contribution in [-0.2, 0) is 13.1 Å². The molecule has 3 rings (SSSR count). The van der Waals surface area contributed by atoms with E-state index in [1.807, 2.05) is 25.1 Å². The molecule has 2 aromatic carbocycles. The van der Waals surface area contributed by atoms with Crippen molar-refractivity contribution in [2.45, 2.75) is 26.9 Å². The van der Waals surface area contributed by atoms with Gasteiger partial charge in [0.1, 0.15) is 5.75 Å². The third kappa shape index (κ3) is 4.45. The van der Waals surface area contributed by atoms with Gasteiger partial charge < -0.3 is 9.72 Å². The summed E-state index contributed by atoms with van der Waals surface area (Å²) < 4.78 is 5.49. The summed E-state index contributed by atoms with van der Waals surface area (Å²) in [7, 11) is 0. The summed E-state index contributed by atoms with van der Waals surface area (Å²) in [6.45, 7) is 7.13. The number of fused-ring (bicyclic) bond motifs is 1. The molecule has 0 radical (unpaired) electrons. The molecule has 0 aliphatic rings. The van der Waals surface area contributed by atoms with Gasteiger partial charge in [-0.3, -0.25) is 9.69 Å². The standard InChI is InChI=1S/C21H23ClN2O2/c1-3-24(13-15-5-8-18(9-6-15)26-4-2)14-17-12-21(25)19-11-16(22)7-10-20(19)23-17/h5-12H,3-4,13-14H2,1-2H3,(H,23,25). The second kappa shape index (κ2) is 8.39. The van der Waals surface area contributed by atoms with Gasteiger partial charge in [0.05, 0.1) is 6.61 Å². The number of halogens is 1. The van der Waals surface area contributed by atoms with Crippen molar-refractivity contribution in [1.29, 1.82) is 0 Å². The summed E-state index contributed by atoms with van der Waals surface area (Å²) in [6, 6.07) is 15.2. The topological polar surface area (TPSA) is 45.3 Å². The van der Waals surface area contributed by atoms with Crippen LogP contribution < -0.4 is 10.2 Å². The van der Waals surface area contributed by atoms with Crippen LogP contribution in [0.5, 0.6) is 5.75 Å². The molecule has 0 amide bonds. The molecular formula is C21H23ClN2O2. The van der Waals surface area contributed by atoms with Crippen molar-refractivity contribution < 1.29 is 4.74 Å². The van der Waals surface area contributed by atoms with Crippen LogP contribution in [0.3, 0.4) is 0 Å². The van der Waals surface area contributed by atoms with E-state index in [1.54, 1.807) is 18.2 Å². The third-order valence-corrected chi connectivity index (χ3v) is 4.56. The summed E-state index contributed by atoms with van der Waals surface area (Å²) in [4.78, 5) is 18.0. The molecule has 1 aromatic heterocycles. The monoisotopic (exact) mass is 370 g/mol. The Balaban J connectivity index is 1.76. The van der Waals surface area contributed by atoms with Crippen LogP contribution in [-0.4, -0.2) is 23.0 Å². The molecule has 26 heavy (non-hydrogen) atoms. The molecule has 0 fully saturated rings. The molecule has 0 unspecified atom stereocenters. The molecule has 0 spiro atoms. The van der Waals surface area contributed by atoms with Gasteiger partial charge in [0.2, 0.25) is 0 Å². The molecule has 5 heteroatoms. The number of H-pyrrole nitrogens is 1. The van der Waals surface area contributed by atoms with Gasteiger partial charge in [-0.25, -0.2) is 0 Å². The van der Waals surface area contributed by atoms with Gasteiger partial charge in [-0.15, -0.1) is 0 Å². The Morgan fingerprint density at radius 2 is 1.81 bits per heavy atom. The van der Waals surface area contributed by atoms with Crippen molar-refractivity contribution in [3.05, 3.63) is 75.0 Å². The number of rotatable bonds is 7. The predicted molar refractivity (Wildman–Crippen MR) is 107 cm³/mol. The number of aromatic nitrogens is 1. The molecule has 0 atom stereocenters.